The summed E-state index contributed by atoms with van der Waals surface area (Å²) in [4.78, 5) is 26.5. The predicted molar refractivity (Wildman–Crippen MR) is 80.5 cm³/mol. The van der Waals surface area contributed by atoms with Gasteiger partial charge in [-0.25, -0.2) is 4.68 Å². The van der Waals surface area contributed by atoms with E-state index in [-0.39, 0.29) is 23.5 Å². The third kappa shape index (κ3) is 2.51. The molecule has 0 unspecified atom stereocenters. The molecule has 2 aromatic heterocycles. The fraction of sp³-hybridized carbons (Fsp3) is 0.600. The lowest BCUT2D eigenvalue weighted by Gasteiger charge is -2.30. The van der Waals surface area contributed by atoms with Crippen LogP contribution < -0.4 is 5.56 Å². The van der Waals surface area contributed by atoms with E-state index in [0.717, 1.165) is 25.9 Å². The van der Waals surface area contributed by atoms with Gasteiger partial charge in [0, 0.05) is 13.1 Å². The highest BCUT2D eigenvalue weighted by Crippen LogP contribution is 2.18. The van der Waals surface area contributed by atoms with E-state index in [1.807, 2.05) is 4.90 Å². The van der Waals surface area contributed by atoms with E-state index >= 15 is 0 Å². The van der Waals surface area contributed by atoms with Crippen LogP contribution in [0.1, 0.15) is 31.2 Å². The van der Waals surface area contributed by atoms with Crippen LogP contribution >= 0.6 is 0 Å². The molecule has 0 radical (unpaired) electrons. The zero-order chi connectivity index (χ0) is 15.9. The number of rotatable bonds is 2. The second-order valence-corrected chi connectivity index (χ2v) is 6.07. The quantitative estimate of drug-likeness (QED) is 0.834. The van der Waals surface area contributed by atoms with Gasteiger partial charge in [-0.15, -0.1) is 0 Å². The Hall–Kier alpha value is -2.18. The second-order valence-electron chi connectivity index (χ2n) is 6.07. The van der Waals surface area contributed by atoms with E-state index in [1.54, 1.807) is 13.8 Å². The summed E-state index contributed by atoms with van der Waals surface area (Å²) in [5.74, 6) is 1.16. The van der Waals surface area contributed by atoms with Crippen LogP contribution in [0.4, 0.5) is 0 Å². The number of hydrogen-bond acceptors (Lipinski definition) is 5. The van der Waals surface area contributed by atoms with Gasteiger partial charge in [-0.2, -0.15) is 5.10 Å². The van der Waals surface area contributed by atoms with Crippen LogP contribution in [-0.2, 0) is 11.3 Å². The molecule has 0 atom stereocenters. The summed E-state index contributed by atoms with van der Waals surface area (Å²) in [5.41, 5.74) is 0.509. The van der Waals surface area contributed by atoms with Crippen LogP contribution in [0.25, 0.3) is 10.9 Å². The Bertz CT molecular complexity index is 769. The zero-order valence-corrected chi connectivity index (χ0v) is 13.1. The minimum Gasteiger partial charge on any atom is -0.360 e. The van der Waals surface area contributed by atoms with Crippen molar-refractivity contribution in [3.63, 3.8) is 0 Å². The monoisotopic (exact) mass is 304 g/mol. The fourth-order valence-corrected chi connectivity index (χ4v) is 2.94. The van der Waals surface area contributed by atoms with Crippen molar-refractivity contribution in [2.75, 3.05) is 13.1 Å². The maximum Gasteiger partial charge on any atom is 0.297 e. The molecule has 0 spiro atoms. The molecule has 0 aliphatic carbocycles. The first kappa shape index (κ1) is 14.7. The molecule has 7 heteroatoms. The van der Waals surface area contributed by atoms with Gasteiger partial charge in [-0.05, 0) is 32.6 Å². The van der Waals surface area contributed by atoms with Crippen molar-refractivity contribution in [1.82, 2.24) is 19.8 Å². The van der Waals surface area contributed by atoms with Crippen molar-refractivity contribution in [2.45, 2.75) is 40.2 Å². The van der Waals surface area contributed by atoms with E-state index in [0.29, 0.717) is 22.8 Å². The van der Waals surface area contributed by atoms with Crippen LogP contribution in [0, 0.1) is 19.8 Å². The summed E-state index contributed by atoms with van der Waals surface area (Å²) in [6, 6.07) is 0. The minimum absolute atomic E-state index is 0.0457. The number of piperidine rings is 1. The topological polar surface area (TPSA) is 81.2 Å². The van der Waals surface area contributed by atoms with Gasteiger partial charge in [-0.3, -0.25) is 9.59 Å². The van der Waals surface area contributed by atoms with E-state index in [1.165, 1.54) is 4.68 Å². The number of hydrogen-bond donors (Lipinski definition) is 0. The molecule has 0 N–H and O–H groups in total. The molecule has 1 aliphatic heterocycles. The van der Waals surface area contributed by atoms with Gasteiger partial charge in [0.1, 0.15) is 12.3 Å². The lowest BCUT2D eigenvalue weighted by atomic mass is 9.99. The molecule has 1 saturated heterocycles. The van der Waals surface area contributed by atoms with Gasteiger partial charge in [0.05, 0.1) is 11.1 Å². The van der Waals surface area contributed by atoms with Gasteiger partial charge in [-0.1, -0.05) is 12.1 Å². The van der Waals surface area contributed by atoms with Crippen molar-refractivity contribution in [3.05, 3.63) is 21.8 Å². The lowest BCUT2D eigenvalue weighted by Crippen LogP contribution is -2.41. The highest BCUT2D eigenvalue weighted by molar-refractivity contribution is 5.82. The molecule has 7 nitrogen and oxygen atoms in total. The van der Waals surface area contributed by atoms with Gasteiger partial charge in [0.25, 0.3) is 5.56 Å². The Morgan fingerprint density at radius 1 is 1.32 bits per heavy atom. The molecule has 118 valence electrons. The molecule has 3 heterocycles. The fourth-order valence-electron chi connectivity index (χ4n) is 2.94. The van der Waals surface area contributed by atoms with Crippen LogP contribution in [-0.4, -0.2) is 38.8 Å². The minimum atomic E-state index is -0.379. The maximum atomic E-state index is 12.4. The third-order valence-corrected chi connectivity index (χ3v) is 4.35. The highest BCUT2D eigenvalue weighted by atomic mass is 16.5. The molecular formula is C15H20N4O3. The average Bonchev–Trinajstić information content (AvgIpc) is 2.88. The normalized spacial score (nSPS) is 16.4. The standard InChI is InChI=1S/C15H20N4O3/c1-9-4-6-18(7-5-9)12(20)8-19-15(21)14-13(10(2)16-19)11(3)22-17-14/h9H,4-8H2,1-3H3. The molecule has 0 saturated carbocycles. The van der Waals surface area contributed by atoms with Crippen LogP contribution in [0.15, 0.2) is 9.32 Å². The SMILES string of the molecule is Cc1nn(CC(=O)N2CCC(C)CC2)c(=O)c2noc(C)c12. The summed E-state index contributed by atoms with van der Waals surface area (Å²) in [6.45, 7) is 7.18. The molecule has 0 bridgehead atoms. The van der Waals surface area contributed by atoms with Crippen LogP contribution in [0.3, 0.4) is 0 Å². The van der Waals surface area contributed by atoms with Crippen molar-refractivity contribution in [1.29, 1.82) is 0 Å². The Morgan fingerprint density at radius 2 is 2.00 bits per heavy atom. The van der Waals surface area contributed by atoms with E-state index in [4.69, 9.17) is 4.52 Å². The van der Waals surface area contributed by atoms with Crippen molar-refractivity contribution in [2.24, 2.45) is 5.92 Å². The summed E-state index contributed by atoms with van der Waals surface area (Å²) in [5, 5.41) is 8.68. The smallest absolute Gasteiger partial charge is 0.297 e. The molecule has 3 rings (SSSR count). The number of carbonyl (C=O) groups excluding carboxylic acids is 1. The summed E-state index contributed by atoms with van der Waals surface area (Å²) < 4.78 is 6.26. The van der Waals surface area contributed by atoms with Gasteiger partial charge < -0.3 is 9.42 Å². The molecular weight excluding hydrogens is 284 g/mol. The van der Waals surface area contributed by atoms with Gasteiger partial charge >= 0.3 is 0 Å². The van der Waals surface area contributed by atoms with E-state index < -0.39 is 0 Å². The Morgan fingerprint density at radius 3 is 2.68 bits per heavy atom. The molecule has 1 fully saturated rings. The number of aromatic nitrogens is 3. The summed E-state index contributed by atoms with van der Waals surface area (Å²) >= 11 is 0. The maximum absolute atomic E-state index is 12.4. The zero-order valence-electron chi connectivity index (χ0n) is 13.1. The average molecular weight is 304 g/mol. The molecule has 0 aromatic carbocycles. The number of amides is 1. The number of nitrogens with zero attached hydrogens (tertiary/aromatic N) is 4. The molecule has 1 aliphatic rings. The third-order valence-electron chi connectivity index (χ3n) is 4.35. The molecule has 1 amide bonds. The van der Waals surface area contributed by atoms with Gasteiger partial charge in [0.15, 0.2) is 5.52 Å². The number of fused-ring (bicyclic) bond motifs is 1. The Kier molecular flexibility index (Phi) is 3.72. The Labute approximate surface area is 127 Å². The van der Waals surface area contributed by atoms with Crippen molar-refractivity contribution >= 4 is 16.8 Å². The van der Waals surface area contributed by atoms with Crippen LogP contribution in [0.5, 0.6) is 0 Å². The predicted octanol–water partition coefficient (Wildman–Crippen LogP) is 1.26. The first-order valence-electron chi connectivity index (χ1n) is 7.59. The molecule has 2 aromatic rings. The first-order valence-corrected chi connectivity index (χ1v) is 7.59. The van der Waals surface area contributed by atoms with E-state index in [2.05, 4.69) is 17.2 Å². The Balaban J connectivity index is 1.86. The summed E-state index contributed by atoms with van der Waals surface area (Å²) in [7, 11) is 0. The van der Waals surface area contributed by atoms with Crippen molar-refractivity contribution < 1.29 is 9.32 Å². The van der Waals surface area contributed by atoms with Crippen LogP contribution in [0.2, 0.25) is 0 Å². The second kappa shape index (κ2) is 5.55. The van der Waals surface area contributed by atoms with Gasteiger partial charge in [0.2, 0.25) is 5.91 Å². The first-order chi connectivity index (χ1) is 10.5. The summed E-state index contributed by atoms with van der Waals surface area (Å²) in [6.07, 6.45) is 2.02. The molecule has 22 heavy (non-hydrogen) atoms. The highest BCUT2D eigenvalue weighted by Gasteiger charge is 2.22. The number of aryl methyl sites for hydroxylation is 2. The lowest BCUT2D eigenvalue weighted by molar-refractivity contribution is -0.133. The number of likely N-dealkylation sites (tertiary alicyclic amines) is 1. The van der Waals surface area contributed by atoms with Crippen molar-refractivity contribution in [3.8, 4) is 0 Å². The van der Waals surface area contributed by atoms with E-state index in [9.17, 15) is 9.59 Å². The number of carbonyl (C=O) groups is 1. The largest absolute Gasteiger partial charge is 0.360 e.